The van der Waals surface area contributed by atoms with Crippen LogP contribution in [0, 0.1) is 0 Å². The summed E-state index contributed by atoms with van der Waals surface area (Å²) < 4.78 is 2.77. The normalized spacial score (nSPS) is 10.6. The van der Waals surface area contributed by atoms with Crippen molar-refractivity contribution in [1.82, 2.24) is 19.5 Å². The molecule has 0 aliphatic rings. The highest BCUT2D eigenvalue weighted by atomic mass is 79.9. The Kier molecular flexibility index (Phi) is 3.63. The average molecular weight is 317 g/mol. The van der Waals surface area contributed by atoms with Gasteiger partial charge in [0, 0.05) is 32.7 Å². The maximum atomic E-state index is 5.78. The van der Waals surface area contributed by atoms with Crippen molar-refractivity contribution < 1.29 is 0 Å². The fraction of sp³-hybridized carbons (Fsp3) is 0.300. The quantitative estimate of drug-likeness (QED) is 0.815. The Bertz CT molecular complexity index is 527. The largest absolute Gasteiger partial charge is 0.351 e. The Morgan fingerprint density at radius 1 is 1.47 bits per heavy atom. The summed E-state index contributed by atoms with van der Waals surface area (Å²) in [6, 6.07) is 0. The number of hydrogen-bond acceptors (Lipinski definition) is 4. The molecule has 0 saturated heterocycles. The van der Waals surface area contributed by atoms with Crippen molar-refractivity contribution in [3.8, 4) is 0 Å². The summed E-state index contributed by atoms with van der Waals surface area (Å²) in [6.07, 6.45) is 5.32. The zero-order valence-corrected chi connectivity index (χ0v) is 11.8. The van der Waals surface area contributed by atoms with Crippen molar-refractivity contribution in [3.05, 3.63) is 34.2 Å². The maximum absolute atomic E-state index is 5.78. The van der Waals surface area contributed by atoms with Gasteiger partial charge in [0.25, 0.3) is 0 Å². The van der Waals surface area contributed by atoms with E-state index in [1.54, 1.807) is 12.4 Å². The Hall–Kier alpha value is -1.14. The van der Waals surface area contributed by atoms with Crippen molar-refractivity contribution in [3.63, 3.8) is 0 Å². The molecule has 2 heterocycles. The third-order valence-corrected chi connectivity index (χ3v) is 3.10. The summed E-state index contributed by atoms with van der Waals surface area (Å²) in [4.78, 5) is 14.3. The number of nitrogens with zero attached hydrogens (tertiary/aromatic N) is 5. The van der Waals surface area contributed by atoms with Gasteiger partial charge in [-0.3, -0.25) is 0 Å². The number of imidazole rings is 1. The second-order valence-electron chi connectivity index (χ2n) is 3.62. The van der Waals surface area contributed by atoms with Crippen LogP contribution < -0.4 is 4.90 Å². The van der Waals surface area contributed by atoms with Crippen molar-refractivity contribution in [2.45, 2.75) is 6.54 Å². The van der Waals surface area contributed by atoms with Gasteiger partial charge in [0.1, 0.15) is 11.6 Å². The Balaban J connectivity index is 2.23. The molecule has 0 unspecified atom stereocenters. The Labute approximate surface area is 113 Å². The molecule has 0 saturated carbocycles. The van der Waals surface area contributed by atoms with E-state index in [1.807, 2.05) is 29.8 Å². The minimum Gasteiger partial charge on any atom is -0.351 e. The Morgan fingerprint density at radius 3 is 2.88 bits per heavy atom. The van der Waals surface area contributed by atoms with Crippen LogP contribution in [-0.4, -0.2) is 26.6 Å². The molecule has 7 heteroatoms. The third kappa shape index (κ3) is 2.76. The molecule has 0 bridgehead atoms. The van der Waals surface area contributed by atoms with E-state index in [4.69, 9.17) is 11.6 Å². The lowest BCUT2D eigenvalue weighted by Gasteiger charge is -2.18. The number of rotatable bonds is 3. The molecular weight excluding hydrogens is 306 g/mol. The average Bonchev–Trinajstić information content (AvgIpc) is 2.68. The van der Waals surface area contributed by atoms with E-state index in [2.05, 4.69) is 30.9 Å². The van der Waals surface area contributed by atoms with Gasteiger partial charge in [-0.05, 0) is 27.5 Å². The number of anilines is 1. The molecule has 0 aromatic carbocycles. The molecule has 17 heavy (non-hydrogen) atoms. The van der Waals surface area contributed by atoms with Crippen molar-refractivity contribution in [1.29, 1.82) is 0 Å². The van der Waals surface area contributed by atoms with E-state index in [0.717, 1.165) is 16.1 Å². The molecule has 0 aliphatic heterocycles. The summed E-state index contributed by atoms with van der Waals surface area (Å²) in [7, 11) is 3.89. The van der Waals surface area contributed by atoms with E-state index in [9.17, 15) is 0 Å². The van der Waals surface area contributed by atoms with E-state index in [-0.39, 0.29) is 5.28 Å². The van der Waals surface area contributed by atoms with Crippen LogP contribution in [0.3, 0.4) is 0 Å². The summed E-state index contributed by atoms with van der Waals surface area (Å²) in [5.74, 6) is 1.70. The molecule has 0 N–H and O–H groups in total. The number of hydrogen-bond donors (Lipinski definition) is 0. The van der Waals surface area contributed by atoms with Crippen molar-refractivity contribution in [2.75, 3.05) is 11.9 Å². The SMILES string of the molecule is CN(Cc1nccn1C)c1nc(Cl)ncc1Br. The first-order valence-corrected chi connectivity index (χ1v) is 6.10. The summed E-state index contributed by atoms with van der Waals surface area (Å²) >= 11 is 9.18. The van der Waals surface area contributed by atoms with Gasteiger partial charge in [0.05, 0.1) is 11.0 Å². The molecule has 5 nitrogen and oxygen atoms in total. The van der Waals surface area contributed by atoms with Crippen LogP contribution >= 0.6 is 27.5 Å². The maximum Gasteiger partial charge on any atom is 0.224 e. The molecule has 2 rings (SSSR count). The first kappa shape index (κ1) is 12.3. The molecule has 0 amide bonds. The van der Waals surface area contributed by atoms with Crippen LogP contribution in [0.1, 0.15) is 5.82 Å². The topological polar surface area (TPSA) is 46.8 Å². The second kappa shape index (κ2) is 5.01. The van der Waals surface area contributed by atoms with E-state index in [0.29, 0.717) is 6.54 Å². The lowest BCUT2D eigenvalue weighted by molar-refractivity contribution is 0.753. The van der Waals surface area contributed by atoms with Crippen LogP contribution in [0.4, 0.5) is 5.82 Å². The predicted octanol–water partition coefficient (Wildman–Crippen LogP) is 2.26. The van der Waals surface area contributed by atoms with Gasteiger partial charge in [-0.15, -0.1) is 0 Å². The van der Waals surface area contributed by atoms with Gasteiger partial charge in [-0.25, -0.2) is 9.97 Å². The number of halogens is 2. The van der Waals surface area contributed by atoms with Crippen LogP contribution in [0.2, 0.25) is 5.28 Å². The highest BCUT2D eigenvalue weighted by Crippen LogP contribution is 2.24. The zero-order chi connectivity index (χ0) is 12.4. The minimum atomic E-state index is 0.231. The monoisotopic (exact) mass is 315 g/mol. The smallest absolute Gasteiger partial charge is 0.224 e. The first-order valence-electron chi connectivity index (χ1n) is 4.93. The molecule has 0 aliphatic carbocycles. The predicted molar refractivity (Wildman–Crippen MR) is 70.1 cm³/mol. The molecule has 90 valence electrons. The van der Waals surface area contributed by atoms with Gasteiger partial charge in [0.2, 0.25) is 5.28 Å². The molecule has 2 aromatic rings. The molecule has 0 atom stereocenters. The van der Waals surface area contributed by atoms with E-state index < -0.39 is 0 Å². The van der Waals surface area contributed by atoms with Gasteiger partial charge in [-0.2, -0.15) is 4.98 Å². The highest BCUT2D eigenvalue weighted by Gasteiger charge is 2.11. The molecule has 0 spiro atoms. The Morgan fingerprint density at radius 2 is 2.24 bits per heavy atom. The fourth-order valence-electron chi connectivity index (χ4n) is 1.44. The third-order valence-electron chi connectivity index (χ3n) is 2.36. The summed E-state index contributed by atoms with van der Waals surface area (Å²) in [5.41, 5.74) is 0. The summed E-state index contributed by atoms with van der Waals surface area (Å²) in [6.45, 7) is 0.648. The van der Waals surface area contributed by atoms with Gasteiger partial charge in [0.15, 0.2) is 0 Å². The van der Waals surface area contributed by atoms with E-state index >= 15 is 0 Å². The fourth-order valence-corrected chi connectivity index (χ4v) is 2.06. The van der Waals surface area contributed by atoms with Crippen molar-refractivity contribution >= 4 is 33.3 Å². The van der Waals surface area contributed by atoms with Crippen LogP contribution in [0.15, 0.2) is 23.1 Å². The number of aryl methyl sites for hydroxylation is 1. The highest BCUT2D eigenvalue weighted by molar-refractivity contribution is 9.10. The van der Waals surface area contributed by atoms with Crippen LogP contribution in [-0.2, 0) is 13.6 Å². The van der Waals surface area contributed by atoms with Gasteiger partial charge >= 0.3 is 0 Å². The zero-order valence-electron chi connectivity index (χ0n) is 9.43. The molecule has 2 aromatic heterocycles. The van der Waals surface area contributed by atoms with Crippen molar-refractivity contribution in [2.24, 2.45) is 7.05 Å². The number of aromatic nitrogens is 4. The molecule has 0 radical (unpaired) electrons. The lowest BCUT2D eigenvalue weighted by atomic mass is 10.4. The van der Waals surface area contributed by atoms with Gasteiger partial charge in [-0.1, -0.05) is 0 Å². The summed E-state index contributed by atoms with van der Waals surface area (Å²) in [5, 5.41) is 0.231. The molecular formula is C10H11BrClN5. The van der Waals surface area contributed by atoms with Gasteiger partial charge < -0.3 is 9.47 Å². The van der Waals surface area contributed by atoms with Crippen LogP contribution in [0.5, 0.6) is 0 Å². The standard InChI is InChI=1S/C10H11BrClN5/c1-16-4-3-13-8(16)6-17(2)9-7(11)5-14-10(12)15-9/h3-5H,6H2,1-2H3. The second-order valence-corrected chi connectivity index (χ2v) is 4.81. The lowest BCUT2D eigenvalue weighted by Crippen LogP contribution is -2.20. The van der Waals surface area contributed by atoms with Crippen LogP contribution in [0.25, 0.3) is 0 Å². The molecule has 0 fully saturated rings. The first-order chi connectivity index (χ1) is 8.08. The minimum absolute atomic E-state index is 0.231. The van der Waals surface area contributed by atoms with E-state index in [1.165, 1.54) is 0 Å².